The number of hydrogen-bond acceptors (Lipinski definition) is 28. The van der Waals surface area contributed by atoms with E-state index >= 15 is 0 Å². The normalized spacial score (nSPS) is 10.6. The van der Waals surface area contributed by atoms with Gasteiger partial charge in [0.05, 0.1) is 135 Å². The van der Waals surface area contributed by atoms with Gasteiger partial charge in [-0.05, 0) is 213 Å². The van der Waals surface area contributed by atoms with Crippen molar-refractivity contribution < 1.29 is 47.5 Å². The van der Waals surface area contributed by atoms with Gasteiger partial charge >= 0.3 is 5.20 Å². The number of aromatic amines is 3. The molecular weight excluding hydrogens is 1900 g/mol. The second-order valence-electron chi connectivity index (χ2n) is 26.1. The predicted octanol–water partition coefficient (Wildman–Crippen LogP) is 22.1. The van der Waals surface area contributed by atoms with Crippen LogP contribution in [-0.4, -0.2) is 133 Å². The van der Waals surface area contributed by atoms with Crippen molar-refractivity contribution in [3.8, 4) is 5.75 Å². The van der Waals surface area contributed by atoms with Crippen molar-refractivity contribution in [2.45, 2.75) is 175 Å². The fourth-order valence-corrected chi connectivity index (χ4v) is 15.4. The van der Waals surface area contributed by atoms with E-state index in [1.54, 1.807) is 179 Å². The number of sulfone groups is 4. The van der Waals surface area contributed by atoms with Gasteiger partial charge in [-0.3, -0.25) is 18.9 Å². The van der Waals surface area contributed by atoms with Crippen molar-refractivity contribution in [3.63, 3.8) is 0 Å². The number of nitrogens with two attached hydrogens (primary N) is 2. The molecule has 11 aromatic rings. The minimum Gasteiger partial charge on any atom is -0.495 e. The van der Waals surface area contributed by atoms with Gasteiger partial charge in [0.25, 0.3) is 16.7 Å². The number of halogens is 7. The largest absolute Gasteiger partial charge is 0.495 e. The second-order valence-corrected chi connectivity index (χ2v) is 47.4. The van der Waals surface area contributed by atoms with Crippen LogP contribution in [0.25, 0.3) is 0 Å². The Kier molecular flexibility index (Phi) is 57.1. The van der Waals surface area contributed by atoms with Gasteiger partial charge in [0.15, 0.2) is 50.3 Å². The molecule has 5 heterocycles. The van der Waals surface area contributed by atoms with E-state index in [-0.39, 0.29) is 95.6 Å². The van der Waals surface area contributed by atoms with E-state index in [4.69, 9.17) is 62.6 Å². The number of nitrogen functional groups attached to an aromatic ring is 2. The molecule has 6 aromatic carbocycles. The quantitative estimate of drug-likeness (QED) is 0.0250. The fourth-order valence-electron chi connectivity index (χ4n) is 9.16. The maximum atomic E-state index is 12.7. The van der Waals surface area contributed by atoms with Crippen molar-refractivity contribution in [1.29, 1.82) is 0 Å². The first-order valence-electron chi connectivity index (χ1n) is 36.1. The number of aryl methyl sites for hydroxylation is 2. The van der Waals surface area contributed by atoms with Gasteiger partial charge in [-0.1, -0.05) is 159 Å². The summed E-state index contributed by atoms with van der Waals surface area (Å²) in [4.78, 5) is 33.4. The minimum absolute atomic E-state index is 0. The van der Waals surface area contributed by atoms with Gasteiger partial charge in [0, 0.05) is 35.7 Å². The Morgan fingerprint density at radius 1 is 0.449 bits per heavy atom. The average molecular weight is 2020 g/mol. The summed E-state index contributed by atoms with van der Waals surface area (Å²) in [6.07, 6.45) is 7.17. The molecular formula is C83H120Cl7N17O14P2S4. The zero-order valence-corrected chi connectivity index (χ0v) is 78.9. The number of aromatic nitrogens is 10. The Bertz CT molecular complexity index is 6010. The Balaban J connectivity index is -0.000000707. The van der Waals surface area contributed by atoms with Crippen molar-refractivity contribution in [3.05, 3.63) is 245 Å². The zero-order valence-electron chi connectivity index (χ0n) is 68.5. The molecule has 0 spiro atoms. The molecule has 0 amide bonds. The average Bonchev–Trinajstić information content (AvgIpc) is 0.802. The predicted molar refractivity (Wildman–Crippen MR) is 535 cm³/mol. The molecule has 12 N–H and O–H groups in total. The van der Waals surface area contributed by atoms with E-state index in [9.17, 15) is 57.2 Å². The molecule has 31 nitrogen and oxygen atoms in total. The van der Waals surface area contributed by atoms with Crippen LogP contribution in [0.15, 0.2) is 217 Å². The molecule has 11 rings (SSSR count). The lowest BCUT2D eigenvalue weighted by Gasteiger charge is -2.15. The van der Waals surface area contributed by atoms with Crippen LogP contribution in [0.4, 0.5) is 62.7 Å². The Morgan fingerprint density at radius 3 is 1.26 bits per heavy atom. The highest BCUT2D eigenvalue weighted by atomic mass is 36.0. The Morgan fingerprint density at radius 2 is 0.858 bits per heavy atom. The smallest absolute Gasteiger partial charge is 0.339 e. The standard InChI is InChI=1S/C22H27N4O3PS.C13H14ClN3O3S.C13H14ClN3O2S.C9H13NO2S.C8H11NO.C6H9N3O.C4H2Cl2N2O.C2H6.6CH4.Cl3OP/c1-15(2)31(28,29)21-9-7-6-8-20(21)24-17-13-22(26-23-14-17)25-19-11-10-18(12-16(19)3)30(4,5)27;1-8(2)21(19,20)11-6-4-3-5-9(11)16-10-7-15-17-13(18)12(10)14;1-9(2)20(18,19)12-6-4-3-5-11(12)16-10-7-13(14)17-15-8-10;1-7(2)13(11,12)9-6-4-3-5-8(9)10;1-6-3-4-7(9)8(5-6)10-2;1-2-7-5-3-6(10)9-8-4-5;5-2-1-7-8-4(9)3(2)6;1-2;;;;;;;1-5(2,3)4/h6-15H,1-5H3,(H2,24,25,26);3-8H,1-2H3,(H2,16,17,18);3-9H,1-2H3,(H,16,17);3-7H,10H2,1-2H3;3-5H,9H2,1-2H3;3-4H,2H2,1H3,(H2,7,9,10);1H,(H,8,9);1-2H3;6*1H4;. The molecule has 704 valence electrons. The van der Waals surface area contributed by atoms with Gasteiger partial charge in [0.2, 0.25) is 0 Å². The third-order valence-electron chi connectivity index (χ3n) is 15.5. The molecule has 0 radical (unpaired) electrons. The van der Waals surface area contributed by atoms with Crippen LogP contribution < -0.4 is 64.8 Å². The van der Waals surface area contributed by atoms with E-state index in [2.05, 4.69) is 111 Å². The van der Waals surface area contributed by atoms with Gasteiger partial charge in [-0.25, -0.2) is 49.0 Å². The van der Waals surface area contributed by atoms with Gasteiger partial charge in [-0.15, -0.1) is 10.2 Å². The number of anilines is 11. The molecule has 44 heteroatoms. The van der Waals surface area contributed by atoms with Crippen LogP contribution >= 0.6 is 92.5 Å². The molecule has 0 saturated carbocycles. The molecule has 127 heavy (non-hydrogen) atoms. The number of nitrogens with zero attached hydrogens (tertiary/aromatic N) is 7. The first kappa shape index (κ1) is 124. The fraction of sp³-hybridized carbons (Fsp3) is 0.325. The number of nitrogens with one attached hydrogen (secondary N) is 8. The maximum Gasteiger partial charge on any atom is 0.339 e. The molecule has 5 aromatic heterocycles. The van der Waals surface area contributed by atoms with Crippen molar-refractivity contribution in [2.24, 2.45) is 0 Å². The molecule has 0 saturated heterocycles. The van der Waals surface area contributed by atoms with E-state index in [0.717, 1.165) is 40.1 Å². The van der Waals surface area contributed by atoms with Crippen LogP contribution in [0.2, 0.25) is 20.2 Å². The third-order valence-corrected chi connectivity index (χ3v) is 27.2. The van der Waals surface area contributed by atoms with Crippen LogP contribution in [0.1, 0.15) is 132 Å². The number of para-hydroxylation sites is 4. The van der Waals surface area contributed by atoms with E-state index in [1.165, 1.54) is 43.0 Å². The first-order valence-corrected chi connectivity index (χ1v) is 50.8. The maximum absolute atomic E-state index is 12.7. The van der Waals surface area contributed by atoms with Crippen LogP contribution in [0.5, 0.6) is 5.75 Å². The Hall–Kier alpha value is -9.19. The number of hydrogen-bond donors (Lipinski definition) is 10. The summed E-state index contributed by atoms with van der Waals surface area (Å²) in [7, 11) is -14.2. The summed E-state index contributed by atoms with van der Waals surface area (Å²) in [6, 6.07) is 42.6. The van der Waals surface area contributed by atoms with E-state index in [0.29, 0.717) is 45.6 Å². The lowest BCUT2D eigenvalue weighted by molar-refractivity contribution is 0.416. The summed E-state index contributed by atoms with van der Waals surface area (Å²) in [6.45, 7) is 27.3. The molecule has 0 unspecified atom stereocenters. The summed E-state index contributed by atoms with van der Waals surface area (Å²) in [5, 5.41) is 43.8. The number of H-pyrrole nitrogens is 3. The van der Waals surface area contributed by atoms with Gasteiger partial charge in [-0.2, -0.15) is 25.5 Å². The minimum atomic E-state index is -3.46. The highest BCUT2D eigenvalue weighted by molar-refractivity contribution is 8.24. The van der Waals surface area contributed by atoms with E-state index in [1.807, 2.05) is 71.0 Å². The molecule has 0 aliphatic rings. The first-order chi connectivity index (χ1) is 56.5. The van der Waals surface area contributed by atoms with Crippen molar-refractivity contribution in [2.75, 3.05) is 65.0 Å². The second kappa shape index (κ2) is 58.4. The monoisotopic (exact) mass is 2010 g/mol. The summed E-state index contributed by atoms with van der Waals surface area (Å²) in [5.74, 6) is 1.25. The van der Waals surface area contributed by atoms with Crippen LogP contribution in [0.3, 0.4) is 0 Å². The number of ether oxygens (including phenoxy) is 1. The lowest BCUT2D eigenvalue weighted by Crippen LogP contribution is -2.16. The number of rotatable bonds is 20. The summed E-state index contributed by atoms with van der Waals surface area (Å²) >= 11 is 36.2. The van der Waals surface area contributed by atoms with Gasteiger partial charge < -0.3 is 47.4 Å². The summed E-state index contributed by atoms with van der Waals surface area (Å²) < 4.78 is 125. The highest BCUT2D eigenvalue weighted by Gasteiger charge is 2.27. The van der Waals surface area contributed by atoms with Crippen molar-refractivity contribution in [1.82, 2.24) is 51.0 Å². The molecule has 0 bridgehead atoms. The highest BCUT2D eigenvalue weighted by Crippen LogP contribution is 2.61. The lowest BCUT2D eigenvalue weighted by atomic mass is 10.2. The summed E-state index contributed by atoms with van der Waals surface area (Å²) in [5.41, 5.74) is 17.4. The molecule has 0 aliphatic heterocycles. The SMILES string of the molecule is C.C.C.C.C.C.CC.CC(C)S(=O)(=O)c1ccccc1N.CC(C)S(=O)(=O)c1ccccc1Nc1cn[nH]c(=O)c1Cl.CC(C)S(=O)(=O)c1ccccc1Nc1cnnc(Cl)c1.CCNc1cn[nH]c(=O)c1.COc1cc(C)ccc1N.Cc1cc(P(C)(C)=O)ccc1Nc1cc(Nc2ccccc2S(=O)(=O)C(C)C)cnn1.O=P(Cl)(Cl)Cl.O=c1[nH]ncc(Cl)c1Cl. The zero-order chi connectivity index (χ0) is 91.6. The van der Waals surface area contributed by atoms with Crippen LogP contribution in [-0.2, 0) is 48.5 Å². The van der Waals surface area contributed by atoms with Crippen LogP contribution in [0, 0.1) is 13.8 Å². The third kappa shape index (κ3) is 41.0. The topological polar surface area (TPSA) is 481 Å². The molecule has 0 aliphatic carbocycles. The molecule has 0 atom stereocenters. The van der Waals surface area contributed by atoms with Crippen molar-refractivity contribution >= 4 is 200 Å². The molecule has 0 fully saturated rings. The van der Waals surface area contributed by atoms with Gasteiger partial charge in [0.1, 0.15) is 22.9 Å². The Labute approximate surface area is 783 Å². The number of benzene rings is 6. The van der Waals surface area contributed by atoms with E-state index < -0.39 is 83.8 Å². The number of methoxy groups -OCH3 is 1.